The zero-order valence-electron chi connectivity index (χ0n) is 34.6. The van der Waals surface area contributed by atoms with E-state index in [0.717, 1.165) is 38.5 Å². The Hall–Kier alpha value is -7.60. The average molecular weight is 819 g/mol. The van der Waals surface area contributed by atoms with Crippen molar-refractivity contribution in [1.82, 2.24) is 19.8 Å². The lowest BCUT2D eigenvalue weighted by Crippen LogP contribution is -2.32. The summed E-state index contributed by atoms with van der Waals surface area (Å²) in [7, 11) is 3.06. The molecule has 0 aliphatic carbocycles. The van der Waals surface area contributed by atoms with Crippen molar-refractivity contribution in [3.8, 4) is 11.5 Å². The molecule has 310 valence electrons. The number of methoxy groups -OCH3 is 2. The Kier molecular flexibility index (Phi) is 12.6. The van der Waals surface area contributed by atoms with Gasteiger partial charge in [0.1, 0.15) is 11.5 Å². The van der Waals surface area contributed by atoms with Gasteiger partial charge in [0, 0.05) is 33.3 Å². The van der Waals surface area contributed by atoms with E-state index in [-0.39, 0.29) is 49.1 Å². The van der Waals surface area contributed by atoms with Gasteiger partial charge in [0.15, 0.2) is 11.5 Å². The van der Waals surface area contributed by atoms with Crippen LogP contribution in [0.3, 0.4) is 0 Å². The molecular formula is C49H46N4O8. The molecule has 0 unspecified atom stereocenters. The van der Waals surface area contributed by atoms with E-state index in [1.165, 1.54) is 14.2 Å². The smallest absolute Gasteiger partial charge is 0.254 e. The molecule has 2 N–H and O–H groups in total. The van der Waals surface area contributed by atoms with Crippen LogP contribution in [-0.4, -0.2) is 45.8 Å². The van der Waals surface area contributed by atoms with Crippen molar-refractivity contribution < 1.29 is 27.9 Å². The molecule has 0 radical (unpaired) electrons. The third-order valence-corrected chi connectivity index (χ3v) is 10.2. The zero-order chi connectivity index (χ0) is 43.0. The van der Waals surface area contributed by atoms with E-state index >= 15 is 0 Å². The van der Waals surface area contributed by atoms with Crippen molar-refractivity contribution in [2.75, 3.05) is 14.2 Å². The van der Waals surface area contributed by atoms with Crippen LogP contribution in [0, 0.1) is 20.8 Å². The Balaban J connectivity index is 0.000000185. The summed E-state index contributed by atoms with van der Waals surface area (Å²) in [6.45, 7) is 6.73. The standard InChI is InChI=1S/C25H24N2O5.C24H22N2O3/c1-16-6-8-21-18(11-16)12-19(24(28)26-21)14-27(15-20-5-4-10-32-20)25(29)17-7-9-22(30-2)23(13-17)31-3;1-16-5-3-6-19(11-16)24(28)26(15-21-7-4-10-29-21)14-20-13-18-9-8-17(2)12-22(18)25-23(20)27/h4-13H,14-15H2,1-3H3,(H,26,28);3-13H,14-15H2,1-2H3,(H,25,27). The molecular weight excluding hydrogens is 773 g/mol. The minimum Gasteiger partial charge on any atom is -0.493 e. The molecule has 61 heavy (non-hydrogen) atoms. The van der Waals surface area contributed by atoms with Crippen LogP contribution in [-0.2, 0) is 26.2 Å². The van der Waals surface area contributed by atoms with Crippen LogP contribution < -0.4 is 20.6 Å². The molecule has 8 rings (SSSR count). The second kappa shape index (κ2) is 18.5. The first-order valence-corrected chi connectivity index (χ1v) is 19.6. The highest BCUT2D eigenvalue weighted by Crippen LogP contribution is 2.29. The van der Waals surface area contributed by atoms with Crippen LogP contribution in [0.15, 0.2) is 146 Å². The number of amides is 2. The van der Waals surface area contributed by atoms with Crippen molar-refractivity contribution in [3.63, 3.8) is 0 Å². The summed E-state index contributed by atoms with van der Waals surface area (Å²) in [6.07, 6.45) is 3.13. The molecule has 8 aromatic rings. The van der Waals surface area contributed by atoms with Crippen LogP contribution in [0.2, 0.25) is 0 Å². The lowest BCUT2D eigenvalue weighted by molar-refractivity contribution is 0.0710. The summed E-state index contributed by atoms with van der Waals surface area (Å²) in [6, 6.07) is 35.0. The van der Waals surface area contributed by atoms with Gasteiger partial charge in [-0.25, -0.2) is 0 Å². The predicted octanol–water partition coefficient (Wildman–Crippen LogP) is 8.87. The van der Waals surface area contributed by atoms with E-state index in [1.54, 1.807) is 64.8 Å². The SMILES string of the molecule is COc1ccc(C(=O)N(Cc2ccco2)Cc2cc3cc(C)ccc3[nH]c2=O)cc1OC.Cc1cccc(C(=O)N(Cc2ccco2)Cc2cc3ccc(C)cc3[nH]c2=O)c1. The Labute approximate surface area is 352 Å². The third kappa shape index (κ3) is 9.99. The van der Waals surface area contributed by atoms with E-state index in [1.807, 2.05) is 93.6 Å². The van der Waals surface area contributed by atoms with Gasteiger partial charge in [0.05, 0.1) is 52.9 Å². The van der Waals surface area contributed by atoms with E-state index < -0.39 is 0 Å². The monoisotopic (exact) mass is 818 g/mol. The molecule has 0 saturated carbocycles. The number of rotatable bonds is 12. The quantitative estimate of drug-likeness (QED) is 0.124. The minimum atomic E-state index is -0.258. The fourth-order valence-electron chi connectivity index (χ4n) is 7.07. The number of aromatic nitrogens is 2. The number of furan rings is 2. The number of aryl methyl sites for hydroxylation is 3. The molecule has 0 aliphatic heterocycles. The van der Waals surface area contributed by atoms with Gasteiger partial charge in [-0.3, -0.25) is 19.2 Å². The average Bonchev–Trinajstić information content (AvgIpc) is 3.98. The van der Waals surface area contributed by atoms with Crippen molar-refractivity contribution in [3.05, 3.63) is 199 Å². The molecule has 0 aliphatic rings. The van der Waals surface area contributed by atoms with Gasteiger partial charge >= 0.3 is 0 Å². The highest BCUT2D eigenvalue weighted by molar-refractivity contribution is 5.95. The van der Waals surface area contributed by atoms with Crippen molar-refractivity contribution in [2.24, 2.45) is 0 Å². The van der Waals surface area contributed by atoms with E-state index in [0.29, 0.717) is 45.3 Å². The number of benzene rings is 4. The number of carbonyl (C=O) groups excluding carboxylic acids is 2. The van der Waals surface area contributed by atoms with Crippen molar-refractivity contribution >= 4 is 33.6 Å². The van der Waals surface area contributed by atoms with E-state index in [9.17, 15) is 19.2 Å². The molecule has 0 fully saturated rings. The summed E-state index contributed by atoms with van der Waals surface area (Å²) in [5, 5.41) is 1.85. The molecule has 12 heteroatoms. The Bertz CT molecular complexity index is 2930. The third-order valence-electron chi connectivity index (χ3n) is 10.2. The number of nitrogens with one attached hydrogen (secondary N) is 2. The summed E-state index contributed by atoms with van der Waals surface area (Å²) in [4.78, 5) is 61.1. The number of hydrogen-bond donors (Lipinski definition) is 2. The topological polar surface area (TPSA) is 151 Å². The normalized spacial score (nSPS) is 10.9. The number of hydrogen-bond acceptors (Lipinski definition) is 8. The van der Waals surface area contributed by atoms with Gasteiger partial charge in [0.2, 0.25) is 0 Å². The molecule has 12 nitrogen and oxygen atoms in total. The molecule has 4 heterocycles. The molecule has 0 spiro atoms. The van der Waals surface area contributed by atoms with Crippen LogP contribution in [0.4, 0.5) is 0 Å². The first-order chi connectivity index (χ1) is 29.5. The number of fused-ring (bicyclic) bond motifs is 2. The molecule has 0 bridgehead atoms. The minimum absolute atomic E-state index is 0.118. The second-order valence-corrected chi connectivity index (χ2v) is 14.8. The molecule has 4 aromatic carbocycles. The number of aromatic amines is 2. The maximum absolute atomic E-state index is 13.4. The molecule has 2 amide bonds. The van der Waals surface area contributed by atoms with Crippen LogP contribution >= 0.6 is 0 Å². The van der Waals surface area contributed by atoms with Gasteiger partial charge in [-0.05, 0) is 122 Å². The Morgan fingerprint density at radius 2 is 1.08 bits per heavy atom. The van der Waals surface area contributed by atoms with Crippen LogP contribution in [0.5, 0.6) is 11.5 Å². The molecule has 0 atom stereocenters. The maximum atomic E-state index is 13.4. The van der Waals surface area contributed by atoms with Crippen molar-refractivity contribution in [2.45, 2.75) is 47.0 Å². The van der Waals surface area contributed by atoms with Gasteiger partial charge in [-0.2, -0.15) is 0 Å². The summed E-state index contributed by atoms with van der Waals surface area (Å²) < 4.78 is 21.5. The lowest BCUT2D eigenvalue weighted by atomic mass is 10.1. The summed E-state index contributed by atoms with van der Waals surface area (Å²) in [5.74, 6) is 1.86. The lowest BCUT2D eigenvalue weighted by Gasteiger charge is -2.22. The zero-order valence-corrected chi connectivity index (χ0v) is 34.6. The molecule has 0 saturated heterocycles. The van der Waals surface area contributed by atoms with Crippen LogP contribution in [0.1, 0.15) is 60.1 Å². The van der Waals surface area contributed by atoms with Gasteiger partial charge in [-0.15, -0.1) is 0 Å². The number of carbonyl (C=O) groups is 2. The maximum Gasteiger partial charge on any atom is 0.254 e. The number of H-pyrrole nitrogens is 2. The van der Waals surface area contributed by atoms with Crippen molar-refractivity contribution in [1.29, 1.82) is 0 Å². The summed E-state index contributed by atoms with van der Waals surface area (Å²) >= 11 is 0. The van der Waals surface area contributed by atoms with Gasteiger partial charge < -0.3 is 38.1 Å². The first kappa shape index (κ1) is 41.6. The number of nitrogens with zero attached hydrogens (tertiary/aromatic N) is 2. The van der Waals surface area contributed by atoms with Crippen LogP contribution in [0.25, 0.3) is 21.8 Å². The van der Waals surface area contributed by atoms with E-state index in [4.69, 9.17) is 18.3 Å². The predicted molar refractivity (Wildman–Crippen MR) is 234 cm³/mol. The van der Waals surface area contributed by atoms with Gasteiger partial charge in [-0.1, -0.05) is 41.5 Å². The number of pyridine rings is 2. The molecule has 4 aromatic heterocycles. The number of ether oxygens (including phenoxy) is 2. The second-order valence-electron chi connectivity index (χ2n) is 14.8. The fourth-order valence-corrected chi connectivity index (χ4v) is 7.07. The highest BCUT2D eigenvalue weighted by atomic mass is 16.5. The van der Waals surface area contributed by atoms with Gasteiger partial charge in [0.25, 0.3) is 22.9 Å². The van der Waals surface area contributed by atoms with E-state index in [2.05, 4.69) is 9.97 Å². The Morgan fingerprint density at radius 3 is 1.67 bits per heavy atom. The first-order valence-electron chi connectivity index (χ1n) is 19.6. The Morgan fingerprint density at radius 1 is 0.525 bits per heavy atom. The fraction of sp³-hybridized carbons (Fsp3) is 0.184. The largest absolute Gasteiger partial charge is 0.493 e. The summed E-state index contributed by atoms with van der Waals surface area (Å²) in [5.41, 5.74) is 6.33. The highest BCUT2D eigenvalue weighted by Gasteiger charge is 2.22.